The molecule has 21 heavy (non-hydrogen) atoms. The molecule has 0 bridgehead atoms. The van der Waals surface area contributed by atoms with Gasteiger partial charge in [0.15, 0.2) is 5.84 Å². The smallest absolute Gasteiger partial charge is 0.170 e. The number of methoxy groups -OCH3 is 1. The minimum atomic E-state index is -0.320. The van der Waals surface area contributed by atoms with Crippen molar-refractivity contribution in [2.75, 3.05) is 7.11 Å². The summed E-state index contributed by atoms with van der Waals surface area (Å²) in [5, 5.41) is 11.7. The molecule has 0 heterocycles. The Morgan fingerprint density at radius 1 is 1.24 bits per heavy atom. The third kappa shape index (κ3) is 3.85. The molecule has 0 unspecified atom stereocenters. The SMILES string of the molecule is COc1cc(OCc2cccc(F)c2)cc(/C(N)=N/O)c1. The van der Waals surface area contributed by atoms with Gasteiger partial charge >= 0.3 is 0 Å². The number of halogens is 1. The second-order valence-corrected chi connectivity index (χ2v) is 4.30. The van der Waals surface area contributed by atoms with Gasteiger partial charge in [-0.25, -0.2) is 4.39 Å². The van der Waals surface area contributed by atoms with E-state index in [0.29, 0.717) is 22.6 Å². The second kappa shape index (κ2) is 6.60. The quantitative estimate of drug-likeness (QED) is 0.384. The highest BCUT2D eigenvalue weighted by atomic mass is 19.1. The highest BCUT2D eigenvalue weighted by molar-refractivity contribution is 5.97. The molecule has 2 rings (SSSR count). The van der Waals surface area contributed by atoms with Crippen LogP contribution in [0.3, 0.4) is 0 Å². The first-order valence-corrected chi connectivity index (χ1v) is 6.16. The first-order chi connectivity index (χ1) is 10.1. The van der Waals surface area contributed by atoms with E-state index in [1.807, 2.05) is 0 Å². The summed E-state index contributed by atoms with van der Waals surface area (Å²) in [5.74, 6) is 0.608. The van der Waals surface area contributed by atoms with E-state index in [-0.39, 0.29) is 18.3 Å². The minimum Gasteiger partial charge on any atom is -0.497 e. The molecule has 0 spiro atoms. The zero-order valence-electron chi connectivity index (χ0n) is 11.4. The molecule has 0 aliphatic carbocycles. The molecule has 0 fully saturated rings. The van der Waals surface area contributed by atoms with Crippen LogP contribution in [0.1, 0.15) is 11.1 Å². The zero-order valence-corrected chi connectivity index (χ0v) is 11.4. The van der Waals surface area contributed by atoms with Gasteiger partial charge in [-0.3, -0.25) is 0 Å². The number of rotatable bonds is 5. The van der Waals surface area contributed by atoms with E-state index in [1.54, 1.807) is 30.3 Å². The first kappa shape index (κ1) is 14.6. The summed E-state index contributed by atoms with van der Waals surface area (Å²) in [4.78, 5) is 0. The molecule has 0 saturated heterocycles. The maximum atomic E-state index is 13.1. The number of nitrogens with two attached hydrogens (primary N) is 1. The number of oxime groups is 1. The minimum absolute atomic E-state index is 0.0514. The van der Waals surface area contributed by atoms with Crippen molar-refractivity contribution in [2.24, 2.45) is 10.9 Å². The first-order valence-electron chi connectivity index (χ1n) is 6.16. The third-order valence-corrected chi connectivity index (χ3v) is 2.81. The third-order valence-electron chi connectivity index (χ3n) is 2.81. The van der Waals surface area contributed by atoms with Crippen LogP contribution in [-0.2, 0) is 6.61 Å². The monoisotopic (exact) mass is 290 g/mol. The molecular weight excluding hydrogens is 275 g/mol. The molecule has 2 aromatic rings. The van der Waals surface area contributed by atoms with E-state index < -0.39 is 0 Å². The van der Waals surface area contributed by atoms with Gasteiger partial charge in [-0.1, -0.05) is 17.3 Å². The Morgan fingerprint density at radius 2 is 2.00 bits per heavy atom. The molecule has 110 valence electrons. The highest BCUT2D eigenvalue weighted by Gasteiger charge is 2.07. The second-order valence-electron chi connectivity index (χ2n) is 4.30. The number of amidine groups is 1. The molecule has 3 N–H and O–H groups in total. The van der Waals surface area contributed by atoms with E-state index in [9.17, 15) is 4.39 Å². The van der Waals surface area contributed by atoms with Crippen LogP contribution in [-0.4, -0.2) is 18.2 Å². The van der Waals surface area contributed by atoms with Gasteiger partial charge in [-0.15, -0.1) is 0 Å². The molecule has 0 aromatic heterocycles. The van der Waals surface area contributed by atoms with Gasteiger partial charge in [-0.2, -0.15) is 0 Å². The lowest BCUT2D eigenvalue weighted by Crippen LogP contribution is -2.13. The van der Waals surface area contributed by atoms with Gasteiger partial charge in [-0.05, 0) is 29.8 Å². The fraction of sp³-hybridized carbons (Fsp3) is 0.133. The van der Waals surface area contributed by atoms with Crippen molar-refractivity contribution in [3.8, 4) is 11.5 Å². The Balaban J connectivity index is 2.19. The number of hydrogen-bond donors (Lipinski definition) is 2. The molecular formula is C15H15FN2O3. The molecule has 0 aliphatic heterocycles. The van der Waals surface area contributed by atoms with Crippen LogP contribution < -0.4 is 15.2 Å². The summed E-state index contributed by atoms with van der Waals surface area (Å²) in [6, 6.07) is 11.0. The number of hydrogen-bond acceptors (Lipinski definition) is 4. The Hall–Kier alpha value is -2.76. The lowest BCUT2D eigenvalue weighted by molar-refractivity contribution is 0.302. The summed E-state index contributed by atoms with van der Waals surface area (Å²) >= 11 is 0. The normalized spacial score (nSPS) is 11.2. The van der Waals surface area contributed by atoms with Crippen LogP contribution >= 0.6 is 0 Å². The van der Waals surface area contributed by atoms with E-state index >= 15 is 0 Å². The molecule has 0 aliphatic rings. The van der Waals surface area contributed by atoms with Gasteiger partial charge in [0.2, 0.25) is 0 Å². The van der Waals surface area contributed by atoms with Gasteiger partial charge < -0.3 is 20.4 Å². The summed E-state index contributed by atoms with van der Waals surface area (Å²) in [6.07, 6.45) is 0. The average molecular weight is 290 g/mol. The van der Waals surface area contributed by atoms with Crippen molar-refractivity contribution in [3.05, 3.63) is 59.4 Å². The summed E-state index contributed by atoms with van der Waals surface area (Å²) in [6.45, 7) is 0.195. The molecule has 2 aromatic carbocycles. The van der Waals surface area contributed by atoms with Crippen LogP contribution in [0.15, 0.2) is 47.6 Å². The van der Waals surface area contributed by atoms with Crippen molar-refractivity contribution in [3.63, 3.8) is 0 Å². The lowest BCUT2D eigenvalue weighted by Gasteiger charge is -2.10. The van der Waals surface area contributed by atoms with E-state index in [1.165, 1.54) is 19.2 Å². The maximum Gasteiger partial charge on any atom is 0.170 e. The molecule has 5 nitrogen and oxygen atoms in total. The number of benzene rings is 2. The van der Waals surface area contributed by atoms with Gasteiger partial charge in [0.05, 0.1) is 7.11 Å². The fourth-order valence-corrected chi connectivity index (χ4v) is 1.77. The molecule has 0 atom stereocenters. The van der Waals surface area contributed by atoms with Gasteiger partial charge in [0.1, 0.15) is 23.9 Å². The zero-order chi connectivity index (χ0) is 15.2. The average Bonchev–Trinajstić information content (AvgIpc) is 2.51. The maximum absolute atomic E-state index is 13.1. The van der Waals surface area contributed by atoms with E-state index in [2.05, 4.69) is 5.16 Å². The van der Waals surface area contributed by atoms with Crippen LogP contribution in [0.25, 0.3) is 0 Å². The van der Waals surface area contributed by atoms with Crippen molar-refractivity contribution in [2.45, 2.75) is 6.61 Å². The van der Waals surface area contributed by atoms with Crippen molar-refractivity contribution >= 4 is 5.84 Å². The molecule has 0 amide bonds. The predicted molar refractivity (Wildman–Crippen MR) is 76.2 cm³/mol. The Bertz CT molecular complexity index is 659. The number of nitrogens with zero attached hydrogens (tertiary/aromatic N) is 1. The Labute approximate surface area is 121 Å². The predicted octanol–water partition coefficient (Wildman–Crippen LogP) is 2.51. The van der Waals surface area contributed by atoms with Gasteiger partial charge in [0, 0.05) is 11.6 Å². The number of ether oxygens (including phenoxy) is 2. The topological polar surface area (TPSA) is 77.1 Å². The van der Waals surface area contributed by atoms with Crippen LogP contribution in [0.2, 0.25) is 0 Å². The van der Waals surface area contributed by atoms with E-state index in [4.69, 9.17) is 20.4 Å². The summed E-state index contributed by atoms with van der Waals surface area (Å²) in [5.41, 5.74) is 6.71. The van der Waals surface area contributed by atoms with Crippen LogP contribution in [0.5, 0.6) is 11.5 Å². The van der Waals surface area contributed by atoms with E-state index in [0.717, 1.165) is 0 Å². The van der Waals surface area contributed by atoms with Crippen molar-refractivity contribution in [1.29, 1.82) is 0 Å². The standard InChI is InChI=1S/C15H15FN2O3/c1-20-13-6-11(15(17)18-19)7-14(8-13)21-9-10-3-2-4-12(16)5-10/h2-8,19H,9H2,1H3,(H2,17,18). The Kier molecular flexibility index (Phi) is 4.61. The molecule has 0 radical (unpaired) electrons. The van der Waals surface area contributed by atoms with Gasteiger partial charge in [0.25, 0.3) is 0 Å². The van der Waals surface area contributed by atoms with Crippen LogP contribution in [0, 0.1) is 5.82 Å². The van der Waals surface area contributed by atoms with Crippen molar-refractivity contribution < 1.29 is 19.1 Å². The lowest BCUT2D eigenvalue weighted by atomic mass is 10.2. The molecule has 6 heteroatoms. The largest absolute Gasteiger partial charge is 0.497 e. The fourth-order valence-electron chi connectivity index (χ4n) is 1.77. The van der Waals surface area contributed by atoms with Crippen molar-refractivity contribution in [1.82, 2.24) is 0 Å². The molecule has 0 saturated carbocycles. The Morgan fingerprint density at radius 3 is 2.67 bits per heavy atom. The summed E-state index contributed by atoms with van der Waals surface area (Å²) in [7, 11) is 1.50. The summed E-state index contributed by atoms with van der Waals surface area (Å²) < 4.78 is 23.8. The van der Waals surface area contributed by atoms with Crippen LogP contribution in [0.4, 0.5) is 4.39 Å². The highest BCUT2D eigenvalue weighted by Crippen LogP contribution is 2.23.